The molecule has 0 saturated carbocycles. The standard InChI is InChI=1S/C24H21N3O5/c1-31-18-6-5-17(12-19(18)32-2)21-20(22(28)16-7-10-25-11-8-16)23(29)24(30)27(21)14-15-4-3-9-26-13-15/h3-13,21,28H,14H2,1-2H3/b22-20+. The van der Waals surface area contributed by atoms with Gasteiger partial charge in [-0.15, -0.1) is 0 Å². The maximum Gasteiger partial charge on any atom is 0.295 e. The van der Waals surface area contributed by atoms with Crippen LogP contribution in [0.3, 0.4) is 0 Å². The fourth-order valence-corrected chi connectivity index (χ4v) is 3.77. The third kappa shape index (κ3) is 3.78. The maximum atomic E-state index is 13.1. The van der Waals surface area contributed by atoms with Gasteiger partial charge in [0.05, 0.1) is 25.8 Å². The Morgan fingerprint density at radius 2 is 1.75 bits per heavy atom. The fourth-order valence-electron chi connectivity index (χ4n) is 3.77. The van der Waals surface area contributed by atoms with Gasteiger partial charge < -0.3 is 19.5 Å². The van der Waals surface area contributed by atoms with Crippen molar-refractivity contribution in [3.63, 3.8) is 0 Å². The number of rotatable bonds is 6. The summed E-state index contributed by atoms with van der Waals surface area (Å²) in [6.45, 7) is 0.143. The Bertz CT molecular complexity index is 1180. The SMILES string of the molecule is COc1ccc(C2/C(=C(\O)c3ccncc3)C(=O)C(=O)N2Cc2cccnc2)cc1OC. The molecule has 1 aromatic carbocycles. The number of aliphatic hydroxyl groups excluding tert-OH is 1. The second-order valence-electron chi connectivity index (χ2n) is 7.14. The number of likely N-dealkylation sites (tertiary alicyclic amines) is 1. The highest BCUT2D eigenvalue weighted by atomic mass is 16.5. The molecule has 8 heteroatoms. The van der Waals surface area contributed by atoms with Crippen molar-refractivity contribution in [2.24, 2.45) is 0 Å². The number of benzene rings is 1. The van der Waals surface area contributed by atoms with Gasteiger partial charge >= 0.3 is 0 Å². The third-order valence-electron chi connectivity index (χ3n) is 5.29. The van der Waals surface area contributed by atoms with E-state index in [-0.39, 0.29) is 17.9 Å². The average molecular weight is 431 g/mol. The molecular formula is C24H21N3O5. The van der Waals surface area contributed by atoms with Crippen molar-refractivity contribution in [1.29, 1.82) is 0 Å². The highest BCUT2D eigenvalue weighted by Gasteiger charge is 2.46. The molecular weight excluding hydrogens is 410 g/mol. The summed E-state index contributed by atoms with van der Waals surface area (Å²) in [7, 11) is 3.03. The van der Waals surface area contributed by atoms with Crippen LogP contribution in [0.1, 0.15) is 22.7 Å². The van der Waals surface area contributed by atoms with Crippen molar-refractivity contribution >= 4 is 17.4 Å². The molecule has 2 aromatic heterocycles. The zero-order chi connectivity index (χ0) is 22.7. The van der Waals surface area contributed by atoms with Gasteiger partial charge in [-0.2, -0.15) is 0 Å². The number of pyridine rings is 2. The first-order valence-electron chi connectivity index (χ1n) is 9.84. The van der Waals surface area contributed by atoms with Crippen LogP contribution in [-0.2, 0) is 16.1 Å². The van der Waals surface area contributed by atoms with Gasteiger partial charge in [0.15, 0.2) is 11.5 Å². The van der Waals surface area contributed by atoms with Crippen molar-refractivity contribution in [3.8, 4) is 11.5 Å². The second-order valence-corrected chi connectivity index (χ2v) is 7.14. The molecule has 1 unspecified atom stereocenters. The van der Waals surface area contributed by atoms with Crippen LogP contribution in [0.5, 0.6) is 11.5 Å². The first-order valence-corrected chi connectivity index (χ1v) is 9.84. The number of ether oxygens (including phenoxy) is 2. The smallest absolute Gasteiger partial charge is 0.295 e. The average Bonchev–Trinajstić information content (AvgIpc) is 3.09. The zero-order valence-corrected chi connectivity index (χ0v) is 17.6. The van der Waals surface area contributed by atoms with E-state index in [1.807, 2.05) is 6.07 Å². The number of carbonyl (C=O) groups is 2. The van der Waals surface area contributed by atoms with Gasteiger partial charge in [0.1, 0.15) is 5.76 Å². The molecule has 3 aromatic rings. The van der Waals surface area contributed by atoms with Gasteiger partial charge in [0, 0.05) is 36.9 Å². The Kier molecular flexibility index (Phi) is 5.85. The van der Waals surface area contributed by atoms with Crippen LogP contribution in [0.4, 0.5) is 0 Å². The van der Waals surface area contributed by atoms with E-state index in [0.29, 0.717) is 22.6 Å². The van der Waals surface area contributed by atoms with Crippen LogP contribution < -0.4 is 9.47 Å². The Morgan fingerprint density at radius 1 is 1.00 bits per heavy atom. The van der Waals surface area contributed by atoms with E-state index in [4.69, 9.17) is 9.47 Å². The number of Topliss-reactive ketones (excluding diaryl/α,β-unsaturated/α-hetero) is 1. The Balaban J connectivity index is 1.89. The normalized spacial score (nSPS) is 17.4. The van der Waals surface area contributed by atoms with Crippen LogP contribution in [0.15, 0.2) is 72.8 Å². The summed E-state index contributed by atoms with van der Waals surface area (Å²) in [5.74, 6) is -0.776. The number of hydrogen-bond acceptors (Lipinski definition) is 7. The number of aromatic nitrogens is 2. The van der Waals surface area contributed by atoms with Crippen molar-refractivity contribution in [2.75, 3.05) is 14.2 Å². The minimum atomic E-state index is -0.830. The van der Waals surface area contributed by atoms with Gasteiger partial charge in [-0.25, -0.2) is 0 Å². The van der Waals surface area contributed by atoms with Gasteiger partial charge in [-0.1, -0.05) is 12.1 Å². The molecule has 3 heterocycles. The lowest BCUT2D eigenvalue weighted by Gasteiger charge is -2.26. The third-order valence-corrected chi connectivity index (χ3v) is 5.29. The van der Waals surface area contributed by atoms with Gasteiger partial charge in [0.2, 0.25) is 0 Å². The number of carbonyl (C=O) groups excluding carboxylic acids is 2. The van der Waals surface area contributed by atoms with E-state index in [2.05, 4.69) is 9.97 Å². The molecule has 0 spiro atoms. The summed E-state index contributed by atoms with van der Waals surface area (Å²) >= 11 is 0. The van der Waals surface area contributed by atoms with E-state index in [9.17, 15) is 14.7 Å². The summed E-state index contributed by atoms with van der Waals surface area (Å²) in [6, 6.07) is 11.0. The first kappa shape index (κ1) is 21.0. The van der Waals surface area contributed by atoms with Crippen LogP contribution in [0.2, 0.25) is 0 Å². The van der Waals surface area contributed by atoms with E-state index in [1.54, 1.807) is 48.8 Å². The molecule has 0 aliphatic carbocycles. The summed E-state index contributed by atoms with van der Waals surface area (Å²) in [6.07, 6.45) is 6.28. The fraction of sp³-hybridized carbons (Fsp3) is 0.167. The largest absolute Gasteiger partial charge is 0.507 e. The van der Waals surface area contributed by atoms with Crippen molar-refractivity contribution < 1.29 is 24.2 Å². The minimum Gasteiger partial charge on any atom is -0.507 e. The molecule has 0 radical (unpaired) electrons. The van der Waals surface area contributed by atoms with Gasteiger partial charge in [-0.3, -0.25) is 19.6 Å². The van der Waals surface area contributed by atoms with E-state index >= 15 is 0 Å². The number of amides is 1. The summed E-state index contributed by atoms with van der Waals surface area (Å²) < 4.78 is 10.7. The van der Waals surface area contributed by atoms with Crippen molar-refractivity contribution in [2.45, 2.75) is 12.6 Å². The Hall–Kier alpha value is -4.20. The lowest BCUT2D eigenvalue weighted by molar-refractivity contribution is -0.140. The molecule has 162 valence electrons. The van der Waals surface area contributed by atoms with E-state index < -0.39 is 17.7 Å². The Labute approximate surface area is 184 Å². The van der Waals surface area contributed by atoms with Gasteiger partial charge in [0.25, 0.3) is 11.7 Å². The number of ketones is 1. The van der Waals surface area contributed by atoms with E-state index in [0.717, 1.165) is 5.56 Å². The maximum absolute atomic E-state index is 13.1. The van der Waals surface area contributed by atoms with Crippen LogP contribution in [-0.4, -0.2) is 45.9 Å². The molecule has 1 aliphatic rings. The highest BCUT2D eigenvalue weighted by Crippen LogP contribution is 2.42. The number of aliphatic hydroxyl groups is 1. The van der Waals surface area contributed by atoms with E-state index in [1.165, 1.54) is 31.5 Å². The van der Waals surface area contributed by atoms with Crippen molar-refractivity contribution in [1.82, 2.24) is 14.9 Å². The number of nitrogens with zero attached hydrogens (tertiary/aromatic N) is 3. The lowest BCUT2D eigenvalue weighted by atomic mass is 9.95. The molecule has 1 fully saturated rings. The van der Waals surface area contributed by atoms with Crippen LogP contribution in [0.25, 0.3) is 5.76 Å². The predicted octanol–water partition coefficient (Wildman–Crippen LogP) is 3.12. The predicted molar refractivity (Wildman–Crippen MR) is 116 cm³/mol. The molecule has 1 amide bonds. The molecule has 4 rings (SSSR count). The highest BCUT2D eigenvalue weighted by molar-refractivity contribution is 6.46. The Morgan fingerprint density at radius 3 is 2.41 bits per heavy atom. The van der Waals surface area contributed by atoms with Crippen LogP contribution >= 0.6 is 0 Å². The molecule has 1 atom stereocenters. The lowest BCUT2D eigenvalue weighted by Crippen LogP contribution is -2.29. The zero-order valence-electron chi connectivity index (χ0n) is 17.6. The monoisotopic (exact) mass is 431 g/mol. The second kappa shape index (κ2) is 8.89. The molecule has 1 N–H and O–H groups in total. The topological polar surface area (TPSA) is 102 Å². The number of methoxy groups -OCH3 is 2. The molecule has 32 heavy (non-hydrogen) atoms. The minimum absolute atomic E-state index is 0.00249. The summed E-state index contributed by atoms with van der Waals surface area (Å²) in [5, 5.41) is 11.0. The molecule has 1 saturated heterocycles. The van der Waals surface area contributed by atoms with Crippen LogP contribution in [0, 0.1) is 0 Å². The van der Waals surface area contributed by atoms with Gasteiger partial charge in [-0.05, 0) is 41.5 Å². The number of hydrogen-bond donors (Lipinski definition) is 1. The molecule has 1 aliphatic heterocycles. The molecule has 0 bridgehead atoms. The molecule has 8 nitrogen and oxygen atoms in total. The summed E-state index contributed by atoms with van der Waals surface area (Å²) in [4.78, 5) is 35.6. The first-order chi connectivity index (χ1) is 15.5. The quantitative estimate of drug-likeness (QED) is 0.363. The summed E-state index contributed by atoms with van der Waals surface area (Å²) in [5.41, 5.74) is 1.74. The van der Waals surface area contributed by atoms with Crippen molar-refractivity contribution in [3.05, 3.63) is 89.5 Å².